The molecular weight excluding hydrogens is 455 g/mol. The van der Waals surface area contributed by atoms with Crippen molar-refractivity contribution in [2.45, 2.75) is 33.7 Å². The molecule has 0 amide bonds. The predicted molar refractivity (Wildman–Crippen MR) is 141 cm³/mol. The minimum Gasteiger partial charge on any atom is -0.324 e. The number of hydrogen-bond acceptors (Lipinski definition) is 7. The number of rotatable bonds is 8. The van der Waals surface area contributed by atoms with Crippen LogP contribution in [0.2, 0.25) is 0 Å². The van der Waals surface area contributed by atoms with E-state index < -0.39 is 0 Å². The lowest BCUT2D eigenvalue weighted by atomic mass is 9.95. The molecule has 9 heteroatoms. The quantitative estimate of drug-likeness (QED) is 0.385. The van der Waals surface area contributed by atoms with Gasteiger partial charge < -0.3 is 10.2 Å². The molecule has 0 unspecified atom stereocenters. The predicted octanol–water partition coefficient (Wildman–Crippen LogP) is 4.70. The maximum absolute atomic E-state index is 15.2. The molecule has 3 aromatic heterocycles. The first-order valence-electron chi connectivity index (χ1n) is 12.7. The lowest BCUT2D eigenvalue weighted by Gasteiger charge is -2.33. The number of aromatic nitrogens is 5. The van der Waals surface area contributed by atoms with Crippen molar-refractivity contribution < 1.29 is 4.48 Å². The fraction of sp³-hybridized carbons (Fsp3) is 0.407. The maximum atomic E-state index is 15.2. The smallest absolute Gasteiger partial charge is 0.227 e. The van der Waals surface area contributed by atoms with Gasteiger partial charge in [-0.2, -0.15) is 0 Å². The van der Waals surface area contributed by atoms with Gasteiger partial charge in [0.05, 0.1) is 11.2 Å². The van der Waals surface area contributed by atoms with E-state index in [2.05, 4.69) is 62.0 Å². The highest BCUT2D eigenvalue weighted by Gasteiger charge is 2.22. The Morgan fingerprint density at radius 1 is 0.972 bits per heavy atom. The highest BCUT2D eigenvalue weighted by atomic mass is 19.2. The van der Waals surface area contributed by atoms with Crippen molar-refractivity contribution in [3.63, 3.8) is 0 Å². The summed E-state index contributed by atoms with van der Waals surface area (Å²) in [4.78, 5) is 18.6. The zero-order valence-corrected chi connectivity index (χ0v) is 21.2. The Balaban J connectivity index is 1.47. The molecule has 0 saturated carbocycles. The van der Waals surface area contributed by atoms with Crippen LogP contribution in [-0.2, 0) is 13.0 Å². The first kappa shape index (κ1) is 24.3. The maximum Gasteiger partial charge on any atom is 0.227 e. The Bertz CT molecular complexity index is 1300. The Hall–Kier alpha value is -3.43. The van der Waals surface area contributed by atoms with Crippen LogP contribution in [0.5, 0.6) is 0 Å². The normalized spacial score (nSPS) is 15.1. The summed E-state index contributed by atoms with van der Waals surface area (Å²) in [6, 6.07) is 9.48. The molecule has 5 rings (SSSR count). The molecule has 188 valence electrons. The van der Waals surface area contributed by atoms with Crippen molar-refractivity contribution in [2.24, 2.45) is 5.92 Å². The number of nitrogens with one attached hydrogen (secondary N) is 1. The third-order valence-corrected chi connectivity index (χ3v) is 6.72. The Kier molecular flexibility index (Phi) is 7.20. The number of anilines is 2. The number of likely N-dealkylation sites (N-methyl/N-ethyl adjacent to an activating group) is 1. The van der Waals surface area contributed by atoms with Gasteiger partial charge >= 0.3 is 0 Å². The third-order valence-electron chi connectivity index (χ3n) is 6.72. The van der Waals surface area contributed by atoms with Crippen LogP contribution in [-0.4, -0.2) is 67.5 Å². The van der Waals surface area contributed by atoms with Crippen molar-refractivity contribution in [3.05, 3.63) is 60.0 Å². The second kappa shape index (κ2) is 10.7. The van der Waals surface area contributed by atoms with Crippen LogP contribution in [0.3, 0.4) is 0 Å². The van der Waals surface area contributed by atoms with Gasteiger partial charge in [0, 0.05) is 62.4 Å². The molecule has 0 spiro atoms. The summed E-state index contributed by atoms with van der Waals surface area (Å²) in [5.74, 6) is 0.852. The molecule has 1 fully saturated rings. The lowest BCUT2D eigenvalue weighted by Crippen LogP contribution is -2.45. The van der Waals surface area contributed by atoms with Gasteiger partial charge in [-0.15, -0.1) is 5.10 Å². The molecule has 1 aliphatic heterocycles. The van der Waals surface area contributed by atoms with Gasteiger partial charge in [0.2, 0.25) is 5.95 Å². The van der Waals surface area contributed by atoms with E-state index in [4.69, 9.17) is 0 Å². The summed E-state index contributed by atoms with van der Waals surface area (Å²) in [6.45, 7) is 12.7. The molecule has 0 radical (unpaired) electrons. The third kappa shape index (κ3) is 5.22. The molecular formula is C27H33FN8. The number of piperazine rings is 1. The van der Waals surface area contributed by atoms with Crippen molar-refractivity contribution in [3.8, 4) is 11.4 Å². The second-order valence-electron chi connectivity index (χ2n) is 9.75. The Morgan fingerprint density at radius 3 is 2.39 bits per heavy atom. The van der Waals surface area contributed by atoms with E-state index >= 15 is 4.48 Å². The Morgan fingerprint density at radius 2 is 1.72 bits per heavy atom. The Labute approximate surface area is 211 Å². The van der Waals surface area contributed by atoms with Crippen LogP contribution in [0.4, 0.5) is 16.1 Å². The fourth-order valence-corrected chi connectivity index (χ4v) is 4.84. The molecule has 0 atom stereocenters. The average molecular weight is 489 g/mol. The highest BCUT2D eigenvalue weighted by Crippen LogP contribution is 2.36. The van der Waals surface area contributed by atoms with Crippen LogP contribution >= 0.6 is 0 Å². The molecule has 0 bridgehead atoms. The van der Waals surface area contributed by atoms with Gasteiger partial charge in [-0.25, -0.2) is 9.97 Å². The fourth-order valence-electron chi connectivity index (χ4n) is 4.84. The molecule has 1 N–H and O–H groups in total. The van der Waals surface area contributed by atoms with Gasteiger partial charge in [0.15, 0.2) is 0 Å². The molecule has 0 aliphatic carbocycles. The molecule has 4 heterocycles. The van der Waals surface area contributed by atoms with Crippen molar-refractivity contribution in [1.82, 2.24) is 34.8 Å². The molecule has 36 heavy (non-hydrogen) atoms. The first-order valence-corrected chi connectivity index (χ1v) is 12.7. The van der Waals surface area contributed by atoms with Gasteiger partial charge in [-0.05, 0) is 54.3 Å². The van der Waals surface area contributed by atoms with Gasteiger partial charge in [0.25, 0.3) is 0 Å². The monoisotopic (exact) mass is 488 g/mol. The molecule has 1 saturated heterocycles. The summed E-state index contributed by atoms with van der Waals surface area (Å²) < 4.78 is 15.2. The standard InChI is InChI=1S/C27H33FN8/c1-4-34-12-14-35(15-13-34)18-20-6-7-24(31-17-20)26-25-21(16-19(2)3)22(8-9-23(25)33-36(26)28)32-27-29-10-5-11-30-27/h5-11,17,19H,4,12-16,18H2,1-3H3,(H,29,30,32). The minimum absolute atomic E-state index is 0.354. The average Bonchev–Trinajstić information content (AvgIpc) is 3.23. The van der Waals surface area contributed by atoms with Gasteiger partial charge in [-0.1, -0.05) is 36.2 Å². The SMILES string of the molecule is CCN1CCN(Cc2ccc(-c3c4c(CC(C)C)c(Nc5ncccn5)ccc4nn3F)nc2)CC1. The van der Waals surface area contributed by atoms with Crippen LogP contribution in [0, 0.1) is 5.92 Å². The highest BCUT2D eigenvalue weighted by molar-refractivity contribution is 5.98. The summed E-state index contributed by atoms with van der Waals surface area (Å²) in [5, 5.41) is 8.25. The van der Waals surface area contributed by atoms with E-state index in [-0.39, 0.29) is 0 Å². The largest absolute Gasteiger partial charge is 0.324 e. The lowest BCUT2D eigenvalue weighted by molar-refractivity contribution is 0.132. The van der Waals surface area contributed by atoms with Crippen molar-refractivity contribution in [2.75, 3.05) is 38.0 Å². The number of benzene rings is 1. The van der Waals surface area contributed by atoms with Crippen LogP contribution in [0.25, 0.3) is 22.3 Å². The number of fused-ring (bicyclic) bond motifs is 1. The second-order valence-corrected chi connectivity index (χ2v) is 9.75. The summed E-state index contributed by atoms with van der Waals surface area (Å²) in [7, 11) is 0. The zero-order valence-electron chi connectivity index (χ0n) is 21.2. The van der Waals surface area contributed by atoms with E-state index in [1.54, 1.807) is 18.5 Å². The van der Waals surface area contributed by atoms with Crippen LogP contribution in [0.15, 0.2) is 48.9 Å². The molecule has 1 aliphatic rings. The molecule has 4 aromatic rings. The number of nitrogens with zero attached hydrogens (tertiary/aromatic N) is 7. The minimum atomic E-state index is 0.354. The van der Waals surface area contributed by atoms with E-state index in [0.29, 0.717) is 33.7 Å². The van der Waals surface area contributed by atoms with Crippen LogP contribution in [0.1, 0.15) is 31.9 Å². The topological polar surface area (TPSA) is 75.0 Å². The number of hydrogen-bond donors (Lipinski definition) is 1. The van der Waals surface area contributed by atoms with Gasteiger partial charge in [0.1, 0.15) is 5.69 Å². The number of pyridine rings is 1. The molecule has 8 nitrogen and oxygen atoms in total. The van der Waals surface area contributed by atoms with Gasteiger partial charge in [-0.3, -0.25) is 9.88 Å². The summed E-state index contributed by atoms with van der Waals surface area (Å²) >= 11 is 0. The molecule has 1 aromatic carbocycles. The van der Waals surface area contributed by atoms with E-state index in [0.717, 1.165) is 67.9 Å². The van der Waals surface area contributed by atoms with Crippen molar-refractivity contribution in [1.29, 1.82) is 0 Å². The van der Waals surface area contributed by atoms with Crippen molar-refractivity contribution >= 4 is 22.5 Å². The summed E-state index contributed by atoms with van der Waals surface area (Å²) in [6.07, 6.45) is 5.99. The zero-order chi connectivity index (χ0) is 25.1. The van der Waals surface area contributed by atoms with E-state index in [1.807, 2.05) is 24.4 Å². The first-order chi connectivity index (χ1) is 17.5. The summed E-state index contributed by atoms with van der Waals surface area (Å²) in [5.41, 5.74) is 4.50. The van der Waals surface area contributed by atoms with E-state index in [1.165, 1.54) is 0 Å². The van der Waals surface area contributed by atoms with E-state index in [9.17, 15) is 0 Å². The van der Waals surface area contributed by atoms with Crippen LogP contribution < -0.4 is 5.32 Å². The number of halogens is 1.